The Morgan fingerprint density at radius 1 is 1.17 bits per heavy atom. The molecule has 7 heteroatoms. The summed E-state index contributed by atoms with van der Waals surface area (Å²) in [6, 6.07) is 6.41. The number of rotatable bonds is 5. The quantitative estimate of drug-likeness (QED) is 0.641. The third kappa shape index (κ3) is 7.85. The van der Waals surface area contributed by atoms with E-state index in [9.17, 15) is 14.4 Å². The summed E-state index contributed by atoms with van der Waals surface area (Å²) < 4.78 is 10.1. The van der Waals surface area contributed by atoms with E-state index in [-0.39, 0.29) is 19.1 Å². The van der Waals surface area contributed by atoms with Crippen LogP contribution >= 0.6 is 0 Å². The Morgan fingerprint density at radius 2 is 1.87 bits per heavy atom. The Kier molecular flexibility index (Phi) is 6.56. The van der Waals surface area contributed by atoms with Crippen LogP contribution in [0.1, 0.15) is 38.1 Å². The number of carbonyl (C=O) groups is 3. The summed E-state index contributed by atoms with van der Waals surface area (Å²) >= 11 is 0. The zero-order valence-electron chi connectivity index (χ0n) is 13.8. The summed E-state index contributed by atoms with van der Waals surface area (Å²) in [6.45, 7) is 6.82. The van der Waals surface area contributed by atoms with E-state index in [0.717, 1.165) is 0 Å². The lowest BCUT2D eigenvalue weighted by Gasteiger charge is -2.19. The van der Waals surface area contributed by atoms with Crippen molar-refractivity contribution >= 4 is 23.7 Å². The van der Waals surface area contributed by atoms with E-state index in [1.165, 1.54) is 13.0 Å². The van der Waals surface area contributed by atoms with E-state index in [0.29, 0.717) is 11.3 Å². The fourth-order valence-electron chi connectivity index (χ4n) is 1.62. The smallest absolute Gasteiger partial charge is 0.407 e. The molecule has 0 saturated carbocycles. The first-order chi connectivity index (χ1) is 10.7. The van der Waals surface area contributed by atoms with Gasteiger partial charge in [-0.15, -0.1) is 0 Å². The summed E-state index contributed by atoms with van der Waals surface area (Å²) in [6.07, 6.45) is -0.568. The third-order valence-corrected chi connectivity index (χ3v) is 2.42. The van der Waals surface area contributed by atoms with E-state index in [4.69, 9.17) is 9.47 Å². The molecule has 0 aliphatic carbocycles. The molecule has 0 fully saturated rings. The number of ether oxygens (including phenoxy) is 2. The molecule has 2 N–H and O–H groups in total. The zero-order valence-corrected chi connectivity index (χ0v) is 13.8. The molecule has 7 nitrogen and oxygen atoms in total. The number of hydrogen-bond acceptors (Lipinski definition) is 5. The van der Waals surface area contributed by atoms with Crippen molar-refractivity contribution in [3.63, 3.8) is 0 Å². The highest BCUT2D eigenvalue weighted by atomic mass is 16.6. The fourth-order valence-corrected chi connectivity index (χ4v) is 1.62. The Balaban J connectivity index is 2.40. The van der Waals surface area contributed by atoms with Gasteiger partial charge in [0.05, 0.1) is 12.1 Å². The number of esters is 1. The van der Waals surface area contributed by atoms with E-state index in [2.05, 4.69) is 10.6 Å². The molecule has 0 heterocycles. The first-order valence-electron chi connectivity index (χ1n) is 7.19. The van der Waals surface area contributed by atoms with Crippen molar-refractivity contribution in [2.24, 2.45) is 0 Å². The van der Waals surface area contributed by atoms with Crippen molar-refractivity contribution in [2.75, 3.05) is 18.5 Å². The first-order valence-corrected chi connectivity index (χ1v) is 7.19. The molecular formula is C16H22N2O5. The predicted molar refractivity (Wildman–Crippen MR) is 85.3 cm³/mol. The van der Waals surface area contributed by atoms with Crippen LogP contribution in [-0.2, 0) is 14.3 Å². The van der Waals surface area contributed by atoms with Gasteiger partial charge < -0.3 is 20.1 Å². The Hall–Kier alpha value is -2.57. The van der Waals surface area contributed by atoms with Crippen LogP contribution in [0, 0.1) is 0 Å². The van der Waals surface area contributed by atoms with Gasteiger partial charge in [-0.1, -0.05) is 6.07 Å². The van der Waals surface area contributed by atoms with Crippen molar-refractivity contribution in [3.05, 3.63) is 29.8 Å². The minimum absolute atomic E-state index is 0.0163. The second-order valence-electron chi connectivity index (χ2n) is 5.83. The van der Waals surface area contributed by atoms with E-state index in [1.54, 1.807) is 39.0 Å². The van der Waals surface area contributed by atoms with E-state index >= 15 is 0 Å². The minimum atomic E-state index is -0.578. The van der Waals surface area contributed by atoms with Gasteiger partial charge in [0.1, 0.15) is 12.2 Å². The van der Waals surface area contributed by atoms with Crippen LogP contribution in [-0.4, -0.2) is 36.7 Å². The zero-order chi connectivity index (χ0) is 17.5. The third-order valence-electron chi connectivity index (χ3n) is 2.42. The lowest BCUT2D eigenvalue weighted by molar-refractivity contribution is -0.114. The molecule has 0 radical (unpaired) electrons. The molecule has 0 spiro atoms. The molecule has 1 aromatic rings. The molecular weight excluding hydrogens is 300 g/mol. The van der Waals surface area contributed by atoms with Gasteiger partial charge in [-0.2, -0.15) is 0 Å². The lowest BCUT2D eigenvalue weighted by Crippen LogP contribution is -2.34. The SMILES string of the molecule is CC(=O)Nc1cccc(C(=O)OCCNC(=O)OC(C)(C)C)c1. The Labute approximate surface area is 135 Å². The molecule has 0 saturated heterocycles. The highest BCUT2D eigenvalue weighted by molar-refractivity contribution is 5.93. The van der Waals surface area contributed by atoms with Gasteiger partial charge in [0, 0.05) is 12.6 Å². The molecule has 0 aliphatic heterocycles. The topological polar surface area (TPSA) is 93.7 Å². The van der Waals surface area contributed by atoms with Crippen LogP contribution in [0.4, 0.5) is 10.5 Å². The molecule has 2 amide bonds. The fraction of sp³-hybridized carbons (Fsp3) is 0.438. The molecule has 0 atom stereocenters. The van der Waals surface area contributed by atoms with Crippen molar-refractivity contribution in [1.82, 2.24) is 5.32 Å². The largest absolute Gasteiger partial charge is 0.460 e. The Bertz CT molecular complexity index is 578. The van der Waals surface area contributed by atoms with Crippen LogP contribution in [0.2, 0.25) is 0 Å². The van der Waals surface area contributed by atoms with Crippen LogP contribution in [0.3, 0.4) is 0 Å². The van der Waals surface area contributed by atoms with Gasteiger partial charge in [-0.25, -0.2) is 9.59 Å². The van der Waals surface area contributed by atoms with Gasteiger partial charge >= 0.3 is 12.1 Å². The summed E-state index contributed by atoms with van der Waals surface area (Å²) in [5.74, 6) is -0.764. The van der Waals surface area contributed by atoms with Crippen molar-refractivity contribution in [3.8, 4) is 0 Å². The summed E-state index contributed by atoms with van der Waals surface area (Å²) in [5, 5.41) is 5.07. The second-order valence-corrected chi connectivity index (χ2v) is 5.83. The van der Waals surface area contributed by atoms with Gasteiger partial charge in [-0.05, 0) is 39.0 Å². The number of benzene rings is 1. The molecule has 0 aliphatic rings. The summed E-state index contributed by atoms with van der Waals surface area (Å²) in [5.41, 5.74) is 0.248. The molecule has 0 unspecified atom stereocenters. The number of carbonyl (C=O) groups excluding carboxylic acids is 3. The molecule has 23 heavy (non-hydrogen) atoms. The highest BCUT2D eigenvalue weighted by Crippen LogP contribution is 2.11. The molecule has 1 aromatic carbocycles. The number of hydrogen-bond donors (Lipinski definition) is 2. The predicted octanol–water partition coefficient (Wildman–Crippen LogP) is 2.33. The molecule has 126 valence electrons. The van der Waals surface area contributed by atoms with Gasteiger partial charge in [-0.3, -0.25) is 4.79 Å². The van der Waals surface area contributed by atoms with E-state index in [1.807, 2.05) is 0 Å². The summed E-state index contributed by atoms with van der Waals surface area (Å²) in [7, 11) is 0. The number of anilines is 1. The maximum Gasteiger partial charge on any atom is 0.407 e. The van der Waals surface area contributed by atoms with Crippen LogP contribution in [0.15, 0.2) is 24.3 Å². The van der Waals surface area contributed by atoms with Crippen molar-refractivity contribution < 1.29 is 23.9 Å². The highest BCUT2D eigenvalue weighted by Gasteiger charge is 2.15. The van der Waals surface area contributed by atoms with Crippen LogP contribution < -0.4 is 10.6 Å². The molecule has 0 aromatic heterocycles. The van der Waals surface area contributed by atoms with Gasteiger partial charge in [0.15, 0.2) is 0 Å². The molecule has 1 rings (SSSR count). The number of amides is 2. The van der Waals surface area contributed by atoms with Gasteiger partial charge in [0.2, 0.25) is 5.91 Å². The average molecular weight is 322 g/mol. The maximum atomic E-state index is 11.9. The van der Waals surface area contributed by atoms with Crippen LogP contribution in [0.25, 0.3) is 0 Å². The van der Waals surface area contributed by atoms with Crippen molar-refractivity contribution in [2.45, 2.75) is 33.3 Å². The van der Waals surface area contributed by atoms with Gasteiger partial charge in [0.25, 0.3) is 0 Å². The minimum Gasteiger partial charge on any atom is -0.460 e. The summed E-state index contributed by atoms with van der Waals surface area (Å²) in [4.78, 5) is 34.3. The average Bonchev–Trinajstić information content (AvgIpc) is 2.41. The van der Waals surface area contributed by atoms with E-state index < -0.39 is 17.7 Å². The number of alkyl carbamates (subject to hydrolysis) is 1. The normalized spacial score (nSPS) is 10.6. The standard InChI is InChI=1S/C16H22N2O5/c1-11(19)18-13-7-5-6-12(10-13)14(20)22-9-8-17-15(21)23-16(2,3)4/h5-7,10H,8-9H2,1-4H3,(H,17,21)(H,18,19). The van der Waals surface area contributed by atoms with Crippen LogP contribution in [0.5, 0.6) is 0 Å². The van der Waals surface area contributed by atoms with Crippen molar-refractivity contribution in [1.29, 1.82) is 0 Å². The lowest BCUT2D eigenvalue weighted by atomic mass is 10.2. The maximum absolute atomic E-state index is 11.9. The second kappa shape index (κ2) is 8.17. The Morgan fingerprint density at radius 3 is 2.48 bits per heavy atom. The monoisotopic (exact) mass is 322 g/mol. The molecule has 0 bridgehead atoms. The first kappa shape index (κ1) is 18.5. The number of nitrogens with one attached hydrogen (secondary N) is 2.